The maximum Gasteiger partial charge on any atom is 0.338 e. The second-order valence-corrected chi connectivity index (χ2v) is 7.37. The van der Waals surface area contributed by atoms with Gasteiger partial charge in [0.05, 0.1) is 29.2 Å². The van der Waals surface area contributed by atoms with Gasteiger partial charge in [-0.3, -0.25) is 9.69 Å². The number of ether oxygens (including phenoxy) is 2. The number of benzene rings is 1. The minimum Gasteiger partial charge on any atom is -0.460 e. The van der Waals surface area contributed by atoms with Crippen LogP contribution in [0.1, 0.15) is 31.9 Å². The lowest BCUT2D eigenvalue weighted by molar-refractivity contribution is -0.141. The lowest BCUT2D eigenvalue weighted by atomic mass is 9.94. The van der Waals surface area contributed by atoms with E-state index in [0.29, 0.717) is 22.8 Å². The third-order valence-corrected chi connectivity index (χ3v) is 5.77. The van der Waals surface area contributed by atoms with Gasteiger partial charge in [0.15, 0.2) is 5.17 Å². The summed E-state index contributed by atoms with van der Waals surface area (Å²) in [6, 6.07) is 5.10. The van der Waals surface area contributed by atoms with Crippen LogP contribution in [-0.4, -0.2) is 47.5 Å². The van der Waals surface area contributed by atoms with Crippen molar-refractivity contribution in [3.05, 3.63) is 46.9 Å². The molecule has 2 aliphatic heterocycles. The summed E-state index contributed by atoms with van der Waals surface area (Å²) >= 11 is 1.39. The van der Waals surface area contributed by atoms with Gasteiger partial charge in [0.1, 0.15) is 12.4 Å². The van der Waals surface area contributed by atoms with Crippen molar-refractivity contribution in [3.63, 3.8) is 0 Å². The van der Waals surface area contributed by atoms with Gasteiger partial charge in [-0.15, -0.1) is 0 Å². The zero-order valence-electron chi connectivity index (χ0n) is 15.4. The second kappa shape index (κ2) is 8.22. The number of thioether (sulfide) groups is 1. The molecule has 2 atom stereocenters. The number of esters is 1. The number of nitrogens with zero attached hydrogens (tertiary/aromatic N) is 2. The molecule has 0 N–H and O–H groups in total. The highest BCUT2D eigenvalue weighted by Gasteiger charge is 2.47. The number of carbonyl (C=O) groups excluding carboxylic acids is 2. The first kappa shape index (κ1) is 19.6. The van der Waals surface area contributed by atoms with Gasteiger partial charge in [-0.2, -0.15) is 0 Å². The summed E-state index contributed by atoms with van der Waals surface area (Å²) in [6.07, 6.45) is 0.655. The summed E-state index contributed by atoms with van der Waals surface area (Å²) < 4.78 is 23.6. The molecule has 0 aromatic heterocycles. The van der Waals surface area contributed by atoms with Crippen molar-refractivity contribution in [1.82, 2.24) is 4.90 Å². The first-order valence-electron chi connectivity index (χ1n) is 8.68. The van der Waals surface area contributed by atoms with E-state index < -0.39 is 12.0 Å². The predicted octanol–water partition coefficient (Wildman–Crippen LogP) is 3.05. The Kier molecular flexibility index (Phi) is 5.96. The average molecular weight is 392 g/mol. The SMILES string of the molecule is CC[C@@H]1SC2=NC(C)=C(C(=O)OCCOC)[C@@H](c3ccc(F)cc3)N2C1=O. The fourth-order valence-corrected chi connectivity index (χ4v) is 4.24. The molecule has 0 spiro atoms. The number of hydrogen-bond donors (Lipinski definition) is 0. The predicted molar refractivity (Wildman–Crippen MR) is 101 cm³/mol. The highest BCUT2D eigenvalue weighted by Crippen LogP contribution is 2.43. The minimum atomic E-state index is -0.690. The van der Waals surface area contributed by atoms with Crippen LogP contribution in [0.2, 0.25) is 0 Å². The quantitative estimate of drug-likeness (QED) is 0.550. The third-order valence-electron chi connectivity index (χ3n) is 4.45. The van der Waals surface area contributed by atoms with Gasteiger partial charge >= 0.3 is 5.97 Å². The standard InChI is InChI=1S/C19H21FN2O4S/c1-4-14-17(23)22-16(12-5-7-13(20)8-6-12)15(11(2)21-19(22)27-14)18(24)26-10-9-25-3/h5-8,14,16H,4,9-10H2,1-3H3/t14-,16+/m0/s1. The van der Waals surface area contributed by atoms with Gasteiger partial charge in [0.25, 0.3) is 0 Å². The van der Waals surface area contributed by atoms with E-state index in [2.05, 4.69) is 4.99 Å². The number of allylic oxidation sites excluding steroid dienone is 1. The largest absolute Gasteiger partial charge is 0.460 e. The van der Waals surface area contributed by atoms with E-state index in [-0.39, 0.29) is 35.8 Å². The molecule has 1 saturated heterocycles. The van der Waals surface area contributed by atoms with Crippen LogP contribution < -0.4 is 0 Å². The fraction of sp³-hybridized carbons (Fsp3) is 0.421. The molecule has 0 unspecified atom stereocenters. The molecule has 2 aliphatic rings. The summed E-state index contributed by atoms with van der Waals surface area (Å²) in [4.78, 5) is 31.7. The monoisotopic (exact) mass is 392 g/mol. The van der Waals surface area contributed by atoms with E-state index >= 15 is 0 Å². The number of methoxy groups -OCH3 is 1. The number of amidine groups is 1. The van der Waals surface area contributed by atoms with Crippen LogP contribution >= 0.6 is 11.8 Å². The smallest absolute Gasteiger partial charge is 0.338 e. The Hall–Kier alpha value is -2.19. The Morgan fingerprint density at radius 3 is 2.63 bits per heavy atom. The molecule has 3 rings (SSSR count). The van der Waals surface area contributed by atoms with Crippen molar-refractivity contribution in [1.29, 1.82) is 0 Å². The van der Waals surface area contributed by atoms with Gasteiger partial charge in [-0.05, 0) is 31.0 Å². The zero-order valence-corrected chi connectivity index (χ0v) is 16.2. The third kappa shape index (κ3) is 3.77. The summed E-state index contributed by atoms with van der Waals surface area (Å²) in [6.45, 7) is 4.02. The molecule has 27 heavy (non-hydrogen) atoms. The molecule has 144 valence electrons. The van der Waals surface area contributed by atoms with Crippen LogP contribution in [0, 0.1) is 5.82 Å². The van der Waals surface area contributed by atoms with Crippen LogP contribution in [-0.2, 0) is 19.1 Å². The van der Waals surface area contributed by atoms with Gasteiger partial charge in [-0.1, -0.05) is 30.8 Å². The van der Waals surface area contributed by atoms with Crippen LogP contribution in [0.5, 0.6) is 0 Å². The molecular weight excluding hydrogens is 371 g/mol. The van der Waals surface area contributed by atoms with Gasteiger partial charge in [0.2, 0.25) is 5.91 Å². The Bertz CT molecular complexity index is 806. The number of aliphatic imine (C=N–C) groups is 1. The molecule has 0 bridgehead atoms. The normalized spacial score (nSPS) is 22.0. The first-order chi connectivity index (χ1) is 13.0. The summed E-state index contributed by atoms with van der Waals surface area (Å²) in [5, 5.41) is 0.315. The Labute approximate surface area is 161 Å². The number of hydrogen-bond acceptors (Lipinski definition) is 6. The molecule has 1 aromatic rings. The number of carbonyl (C=O) groups is 2. The minimum absolute atomic E-state index is 0.0963. The lowest BCUT2D eigenvalue weighted by Crippen LogP contribution is -2.40. The molecule has 1 amide bonds. The molecule has 8 heteroatoms. The van der Waals surface area contributed by atoms with E-state index in [0.717, 1.165) is 0 Å². The summed E-state index contributed by atoms with van der Waals surface area (Å²) in [7, 11) is 1.52. The maximum atomic E-state index is 13.4. The molecular formula is C19H21FN2O4S. The fourth-order valence-electron chi connectivity index (χ4n) is 3.11. The van der Waals surface area contributed by atoms with E-state index in [1.807, 2.05) is 6.92 Å². The number of rotatable bonds is 6. The molecule has 1 aromatic carbocycles. The maximum absolute atomic E-state index is 13.4. The van der Waals surface area contributed by atoms with Crippen molar-refractivity contribution in [3.8, 4) is 0 Å². The molecule has 1 fully saturated rings. The molecule has 6 nitrogen and oxygen atoms in total. The summed E-state index contributed by atoms with van der Waals surface area (Å²) in [5.74, 6) is -1.05. The number of halogens is 1. The van der Waals surface area contributed by atoms with E-state index in [1.165, 1.54) is 35.9 Å². The molecule has 0 radical (unpaired) electrons. The van der Waals surface area contributed by atoms with Crippen molar-refractivity contribution in [2.75, 3.05) is 20.3 Å². The second-order valence-electron chi connectivity index (χ2n) is 6.20. The van der Waals surface area contributed by atoms with Gasteiger partial charge < -0.3 is 9.47 Å². The zero-order chi connectivity index (χ0) is 19.6. The molecule has 0 saturated carbocycles. The van der Waals surface area contributed by atoms with Gasteiger partial charge in [-0.25, -0.2) is 14.2 Å². The topological polar surface area (TPSA) is 68.2 Å². The van der Waals surface area contributed by atoms with Gasteiger partial charge in [0, 0.05) is 7.11 Å². The average Bonchev–Trinajstić information content (AvgIpc) is 2.96. The first-order valence-corrected chi connectivity index (χ1v) is 9.56. The van der Waals surface area contributed by atoms with Crippen LogP contribution in [0.3, 0.4) is 0 Å². The van der Waals surface area contributed by atoms with E-state index in [9.17, 15) is 14.0 Å². The van der Waals surface area contributed by atoms with E-state index in [1.54, 1.807) is 19.1 Å². The van der Waals surface area contributed by atoms with Crippen LogP contribution in [0.4, 0.5) is 4.39 Å². The van der Waals surface area contributed by atoms with Crippen molar-refractivity contribution < 1.29 is 23.5 Å². The Morgan fingerprint density at radius 1 is 1.30 bits per heavy atom. The number of amides is 1. The van der Waals surface area contributed by atoms with Crippen LogP contribution in [0.15, 0.2) is 40.5 Å². The highest BCUT2D eigenvalue weighted by atomic mass is 32.2. The van der Waals surface area contributed by atoms with Crippen molar-refractivity contribution in [2.24, 2.45) is 4.99 Å². The van der Waals surface area contributed by atoms with E-state index in [4.69, 9.17) is 9.47 Å². The molecule has 2 heterocycles. The van der Waals surface area contributed by atoms with Crippen LogP contribution in [0.25, 0.3) is 0 Å². The highest BCUT2D eigenvalue weighted by molar-refractivity contribution is 8.15. The Morgan fingerprint density at radius 2 is 2.00 bits per heavy atom. The van der Waals surface area contributed by atoms with Crippen molar-refractivity contribution in [2.45, 2.75) is 31.6 Å². The lowest BCUT2D eigenvalue weighted by Gasteiger charge is -2.33. The summed E-state index contributed by atoms with van der Waals surface area (Å²) in [5.41, 5.74) is 1.41. The Balaban J connectivity index is 2.03. The number of fused-ring (bicyclic) bond motifs is 1. The molecule has 0 aliphatic carbocycles. The van der Waals surface area contributed by atoms with Crippen molar-refractivity contribution >= 4 is 28.8 Å².